The molecule has 0 bridgehead atoms. The molecule has 0 aromatic rings. The summed E-state index contributed by atoms with van der Waals surface area (Å²) >= 11 is 0. The van der Waals surface area contributed by atoms with E-state index in [2.05, 4.69) is 18.7 Å². The zero-order valence-electron chi connectivity index (χ0n) is 13.3. The van der Waals surface area contributed by atoms with Crippen molar-refractivity contribution >= 4 is 11.9 Å². The molecule has 1 saturated heterocycles. The molecular weight excluding hydrogens is 268 g/mol. The molecule has 2 fully saturated rings. The third kappa shape index (κ3) is 4.19. The van der Waals surface area contributed by atoms with Gasteiger partial charge in [0.05, 0.1) is 6.42 Å². The normalized spacial score (nSPS) is 22.7. The lowest BCUT2D eigenvalue weighted by molar-refractivity contribution is -0.142. The molecular formula is C16H28N2O3. The Balaban J connectivity index is 1.90. The average molecular weight is 296 g/mol. The fourth-order valence-corrected chi connectivity index (χ4v) is 3.78. The zero-order valence-corrected chi connectivity index (χ0v) is 13.3. The molecule has 5 nitrogen and oxygen atoms in total. The second-order valence-corrected chi connectivity index (χ2v) is 6.96. The van der Waals surface area contributed by atoms with Gasteiger partial charge in [-0.1, -0.05) is 12.8 Å². The first-order chi connectivity index (χ1) is 9.92. The predicted octanol–water partition coefficient (Wildman–Crippen LogP) is 1.96. The first-order valence-corrected chi connectivity index (χ1v) is 8.15. The minimum atomic E-state index is -0.769. The monoisotopic (exact) mass is 296 g/mol. The van der Waals surface area contributed by atoms with Crippen LogP contribution in [0, 0.1) is 5.41 Å². The lowest BCUT2D eigenvalue weighted by Crippen LogP contribution is -2.51. The van der Waals surface area contributed by atoms with E-state index in [1.165, 1.54) is 0 Å². The van der Waals surface area contributed by atoms with Gasteiger partial charge < -0.3 is 10.0 Å². The Hall–Kier alpha value is -1.10. The van der Waals surface area contributed by atoms with Crippen molar-refractivity contribution in [2.75, 3.05) is 26.2 Å². The van der Waals surface area contributed by atoms with E-state index < -0.39 is 5.97 Å². The van der Waals surface area contributed by atoms with Gasteiger partial charge in [-0.25, -0.2) is 0 Å². The molecule has 1 aliphatic carbocycles. The number of carboxylic acids is 1. The van der Waals surface area contributed by atoms with Crippen molar-refractivity contribution in [1.29, 1.82) is 0 Å². The SMILES string of the molecule is CC(C)N1CCN(C(=O)CC2(CC(=O)O)CCCC2)CC1. The van der Waals surface area contributed by atoms with Crippen LogP contribution in [0.4, 0.5) is 0 Å². The molecule has 21 heavy (non-hydrogen) atoms. The van der Waals surface area contributed by atoms with Gasteiger partial charge in [0.2, 0.25) is 5.91 Å². The van der Waals surface area contributed by atoms with Gasteiger partial charge in [-0.05, 0) is 32.1 Å². The van der Waals surface area contributed by atoms with E-state index in [1.54, 1.807) is 0 Å². The van der Waals surface area contributed by atoms with Crippen molar-refractivity contribution in [2.24, 2.45) is 5.41 Å². The molecule has 1 amide bonds. The maximum atomic E-state index is 12.5. The minimum absolute atomic E-state index is 0.144. The number of hydrogen-bond acceptors (Lipinski definition) is 3. The number of carboxylic acid groups (broad SMARTS) is 1. The summed E-state index contributed by atoms with van der Waals surface area (Å²) in [5.41, 5.74) is -0.280. The number of hydrogen-bond donors (Lipinski definition) is 1. The maximum Gasteiger partial charge on any atom is 0.303 e. The summed E-state index contributed by atoms with van der Waals surface area (Å²) in [5.74, 6) is -0.615. The van der Waals surface area contributed by atoms with E-state index in [-0.39, 0.29) is 17.7 Å². The number of piperazine rings is 1. The number of aliphatic carboxylic acids is 1. The van der Waals surface area contributed by atoms with E-state index in [0.29, 0.717) is 12.5 Å². The number of carbonyl (C=O) groups is 2. The van der Waals surface area contributed by atoms with Crippen molar-refractivity contribution in [1.82, 2.24) is 9.80 Å². The Morgan fingerprint density at radius 2 is 1.62 bits per heavy atom. The van der Waals surface area contributed by atoms with Crippen LogP contribution >= 0.6 is 0 Å². The van der Waals surface area contributed by atoms with Crippen molar-refractivity contribution in [3.63, 3.8) is 0 Å². The average Bonchev–Trinajstić information content (AvgIpc) is 2.86. The predicted molar refractivity (Wildman–Crippen MR) is 81.1 cm³/mol. The molecule has 1 saturated carbocycles. The van der Waals surface area contributed by atoms with Gasteiger partial charge in [0, 0.05) is 38.6 Å². The van der Waals surface area contributed by atoms with E-state index in [4.69, 9.17) is 5.11 Å². The molecule has 2 rings (SSSR count). The summed E-state index contributed by atoms with van der Waals surface area (Å²) in [5, 5.41) is 9.13. The van der Waals surface area contributed by atoms with E-state index in [1.807, 2.05) is 4.90 Å². The quantitative estimate of drug-likeness (QED) is 0.842. The van der Waals surface area contributed by atoms with E-state index >= 15 is 0 Å². The fraction of sp³-hybridized carbons (Fsp3) is 0.875. The first kappa shape index (κ1) is 16.3. The van der Waals surface area contributed by atoms with Crippen LogP contribution in [0.1, 0.15) is 52.4 Å². The van der Waals surface area contributed by atoms with Crippen LogP contribution in [0.5, 0.6) is 0 Å². The van der Waals surface area contributed by atoms with Crippen LogP contribution in [0.25, 0.3) is 0 Å². The molecule has 1 aliphatic heterocycles. The molecule has 120 valence electrons. The molecule has 0 aromatic carbocycles. The standard InChI is InChI=1S/C16H28N2O3/c1-13(2)17-7-9-18(10-8-17)14(19)11-16(12-15(20)21)5-3-4-6-16/h13H,3-12H2,1-2H3,(H,20,21). The third-order valence-electron chi connectivity index (χ3n) is 5.11. The van der Waals surface area contributed by atoms with Gasteiger partial charge in [-0.3, -0.25) is 14.5 Å². The summed E-state index contributed by atoms with van der Waals surface area (Å²) in [7, 11) is 0. The second-order valence-electron chi connectivity index (χ2n) is 6.96. The Kier molecular flexibility index (Phi) is 5.25. The van der Waals surface area contributed by atoms with Crippen molar-refractivity contribution in [3.8, 4) is 0 Å². The molecule has 0 radical (unpaired) electrons. The molecule has 5 heteroatoms. The molecule has 0 unspecified atom stereocenters. The van der Waals surface area contributed by atoms with E-state index in [0.717, 1.165) is 51.9 Å². The highest BCUT2D eigenvalue weighted by Gasteiger charge is 2.39. The van der Waals surface area contributed by atoms with Gasteiger partial charge in [-0.15, -0.1) is 0 Å². The molecule has 1 N–H and O–H groups in total. The van der Waals surface area contributed by atoms with Crippen LogP contribution in [-0.4, -0.2) is 59.0 Å². The Morgan fingerprint density at radius 1 is 1.05 bits per heavy atom. The van der Waals surface area contributed by atoms with Gasteiger partial charge in [-0.2, -0.15) is 0 Å². The minimum Gasteiger partial charge on any atom is -0.481 e. The van der Waals surface area contributed by atoms with Gasteiger partial charge in [0.1, 0.15) is 0 Å². The first-order valence-electron chi connectivity index (χ1n) is 8.15. The van der Waals surface area contributed by atoms with Crippen molar-refractivity contribution in [2.45, 2.75) is 58.4 Å². The highest BCUT2D eigenvalue weighted by molar-refractivity contribution is 5.78. The summed E-state index contributed by atoms with van der Waals surface area (Å²) in [4.78, 5) is 27.9. The molecule has 0 atom stereocenters. The summed E-state index contributed by atoms with van der Waals surface area (Å²) in [6.45, 7) is 7.76. The van der Waals surface area contributed by atoms with Gasteiger partial charge >= 0.3 is 5.97 Å². The third-order valence-corrected chi connectivity index (χ3v) is 5.11. The number of nitrogens with zero attached hydrogens (tertiary/aromatic N) is 2. The smallest absolute Gasteiger partial charge is 0.303 e. The van der Waals surface area contributed by atoms with Crippen LogP contribution in [0.2, 0.25) is 0 Å². The maximum absolute atomic E-state index is 12.5. The molecule has 2 aliphatic rings. The molecule has 1 heterocycles. The van der Waals surface area contributed by atoms with Crippen LogP contribution in [0.3, 0.4) is 0 Å². The van der Waals surface area contributed by atoms with Crippen molar-refractivity contribution in [3.05, 3.63) is 0 Å². The van der Waals surface area contributed by atoms with Crippen LogP contribution in [-0.2, 0) is 9.59 Å². The highest BCUT2D eigenvalue weighted by atomic mass is 16.4. The second kappa shape index (κ2) is 6.77. The summed E-state index contributed by atoms with van der Waals surface area (Å²) < 4.78 is 0. The topological polar surface area (TPSA) is 60.9 Å². The molecule has 0 spiro atoms. The largest absolute Gasteiger partial charge is 0.481 e. The zero-order chi connectivity index (χ0) is 15.5. The van der Waals surface area contributed by atoms with Crippen LogP contribution < -0.4 is 0 Å². The highest BCUT2D eigenvalue weighted by Crippen LogP contribution is 2.44. The summed E-state index contributed by atoms with van der Waals surface area (Å²) in [6.07, 6.45) is 4.45. The van der Waals surface area contributed by atoms with Crippen molar-refractivity contribution < 1.29 is 14.7 Å². The lowest BCUT2D eigenvalue weighted by atomic mass is 9.79. The van der Waals surface area contributed by atoms with E-state index in [9.17, 15) is 9.59 Å². The van der Waals surface area contributed by atoms with Gasteiger partial charge in [0.25, 0.3) is 0 Å². The number of rotatable bonds is 5. The number of carbonyl (C=O) groups excluding carboxylic acids is 1. The van der Waals surface area contributed by atoms with Crippen LogP contribution in [0.15, 0.2) is 0 Å². The Morgan fingerprint density at radius 3 is 2.10 bits per heavy atom. The summed E-state index contributed by atoms with van der Waals surface area (Å²) in [6, 6.07) is 0.524. The Labute approximate surface area is 127 Å². The fourth-order valence-electron chi connectivity index (χ4n) is 3.78. The lowest BCUT2D eigenvalue weighted by Gasteiger charge is -2.38. The Bertz CT molecular complexity index is 381. The number of amides is 1. The van der Waals surface area contributed by atoms with Gasteiger partial charge in [0.15, 0.2) is 0 Å². The molecule has 0 aromatic heterocycles.